The molecule has 0 amide bonds. The second-order valence-electron chi connectivity index (χ2n) is 2.69. The van der Waals surface area contributed by atoms with E-state index in [9.17, 15) is 18.0 Å². The average Bonchev–Trinajstić information content (AvgIpc) is 1.84. The van der Waals surface area contributed by atoms with Crippen LogP contribution in [0.1, 0.15) is 20.3 Å². The molecule has 0 spiro atoms. The smallest absolute Gasteiger partial charge is 0.392 e. The summed E-state index contributed by atoms with van der Waals surface area (Å²) in [6, 6.07) is 0. The van der Waals surface area contributed by atoms with Crippen molar-refractivity contribution < 1.29 is 22.7 Å². The molecule has 0 aromatic heterocycles. The number of alkyl halides is 3. The van der Waals surface area contributed by atoms with Crippen LogP contribution in [0.15, 0.2) is 0 Å². The third-order valence-electron chi connectivity index (χ3n) is 1.10. The van der Waals surface area contributed by atoms with Crippen molar-refractivity contribution in [2.24, 2.45) is 5.92 Å². The van der Waals surface area contributed by atoms with Crippen LogP contribution in [0.4, 0.5) is 13.2 Å². The molecule has 2 nitrogen and oxygen atoms in total. The lowest BCUT2D eigenvalue weighted by molar-refractivity contribution is -0.161. The van der Waals surface area contributed by atoms with E-state index in [1.54, 1.807) is 13.8 Å². The minimum Gasteiger partial charge on any atom is -0.465 e. The summed E-state index contributed by atoms with van der Waals surface area (Å²) in [5, 5.41) is 0. The van der Waals surface area contributed by atoms with Gasteiger partial charge in [-0.3, -0.25) is 4.79 Å². The second-order valence-corrected chi connectivity index (χ2v) is 2.69. The van der Waals surface area contributed by atoms with Crippen LogP contribution < -0.4 is 0 Å². The molecule has 0 bridgehead atoms. The SMILES string of the molecule is CC(C)C(=O)OCCC(F)(F)F. The monoisotopic (exact) mass is 184 g/mol. The zero-order chi connectivity index (χ0) is 9.78. The molecule has 0 rings (SSSR count). The fraction of sp³-hybridized carbons (Fsp3) is 0.857. The van der Waals surface area contributed by atoms with Crippen LogP contribution in [0, 0.1) is 5.92 Å². The van der Waals surface area contributed by atoms with Gasteiger partial charge in [-0.2, -0.15) is 13.2 Å². The Kier molecular flexibility index (Phi) is 4.06. The van der Waals surface area contributed by atoms with Gasteiger partial charge in [0.1, 0.15) is 0 Å². The van der Waals surface area contributed by atoms with Crippen molar-refractivity contribution in [3.05, 3.63) is 0 Å². The number of rotatable bonds is 3. The molecular formula is C7H11F3O2. The van der Waals surface area contributed by atoms with Gasteiger partial charge in [-0.25, -0.2) is 0 Å². The zero-order valence-corrected chi connectivity index (χ0v) is 6.94. The molecule has 12 heavy (non-hydrogen) atoms. The fourth-order valence-corrected chi connectivity index (χ4v) is 0.434. The Hall–Kier alpha value is -0.740. The van der Waals surface area contributed by atoms with Crippen molar-refractivity contribution in [3.63, 3.8) is 0 Å². The molecule has 0 aliphatic heterocycles. The van der Waals surface area contributed by atoms with E-state index >= 15 is 0 Å². The Morgan fingerprint density at radius 1 is 1.42 bits per heavy atom. The maximum Gasteiger partial charge on any atom is 0.392 e. The molecule has 0 saturated carbocycles. The maximum absolute atomic E-state index is 11.5. The summed E-state index contributed by atoms with van der Waals surface area (Å²) < 4.78 is 38.9. The van der Waals surface area contributed by atoms with Crippen LogP contribution >= 0.6 is 0 Å². The molecule has 0 fully saturated rings. The van der Waals surface area contributed by atoms with Crippen LogP contribution in [-0.4, -0.2) is 18.8 Å². The van der Waals surface area contributed by atoms with Crippen molar-refractivity contribution in [2.75, 3.05) is 6.61 Å². The number of carbonyl (C=O) groups is 1. The summed E-state index contributed by atoms with van der Waals surface area (Å²) in [5.74, 6) is -0.975. The molecule has 0 aliphatic rings. The fourth-order valence-electron chi connectivity index (χ4n) is 0.434. The van der Waals surface area contributed by atoms with Crippen LogP contribution in [0.3, 0.4) is 0 Å². The first kappa shape index (κ1) is 11.3. The topological polar surface area (TPSA) is 26.3 Å². The van der Waals surface area contributed by atoms with E-state index in [1.165, 1.54) is 0 Å². The lowest BCUT2D eigenvalue weighted by Gasteiger charge is -2.08. The predicted molar refractivity (Wildman–Crippen MR) is 36.5 cm³/mol. The highest BCUT2D eigenvalue weighted by atomic mass is 19.4. The lowest BCUT2D eigenvalue weighted by Crippen LogP contribution is -2.17. The molecule has 0 atom stereocenters. The summed E-state index contributed by atoms with van der Waals surface area (Å²) in [7, 11) is 0. The van der Waals surface area contributed by atoms with Gasteiger partial charge in [0.25, 0.3) is 0 Å². The highest BCUT2D eigenvalue weighted by Gasteiger charge is 2.27. The second kappa shape index (κ2) is 4.33. The number of hydrogen-bond donors (Lipinski definition) is 0. The van der Waals surface area contributed by atoms with Gasteiger partial charge in [-0.1, -0.05) is 13.8 Å². The van der Waals surface area contributed by atoms with E-state index in [4.69, 9.17) is 0 Å². The Balaban J connectivity index is 3.51. The van der Waals surface area contributed by atoms with Gasteiger partial charge in [0.2, 0.25) is 0 Å². The lowest BCUT2D eigenvalue weighted by atomic mass is 10.2. The Bertz CT molecular complexity index is 151. The Morgan fingerprint density at radius 2 is 1.92 bits per heavy atom. The first-order chi connectivity index (χ1) is 5.33. The van der Waals surface area contributed by atoms with Crippen LogP contribution in [0.25, 0.3) is 0 Å². The first-order valence-electron chi connectivity index (χ1n) is 3.56. The maximum atomic E-state index is 11.5. The van der Waals surface area contributed by atoms with Crippen LogP contribution in [-0.2, 0) is 9.53 Å². The number of hydrogen-bond acceptors (Lipinski definition) is 2. The van der Waals surface area contributed by atoms with Gasteiger partial charge in [0, 0.05) is 0 Å². The molecule has 0 aromatic carbocycles. The van der Waals surface area contributed by atoms with Gasteiger partial charge < -0.3 is 4.74 Å². The van der Waals surface area contributed by atoms with E-state index < -0.39 is 25.2 Å². The van der Waals surface area contributed by atoms with E-state index in [0.29, 0.717) is 0 Å². The molecule has 0 saturated heterocycles. The zero-order valence-electron chi connectivity index (χ0n) is 6.94. The Labute approximate surface area is 68.7 Å². The van der Waals surface area contributed by atoms with E-state index in [2.05, 4.69) is 4.74 Å². The minimum absolute atomic E-state index is 0.377. The molecule has 5 heteroatoms. The average molecular weight is 184 g/mol. The summed E-state index contributed by atoms with van der Waals surface area (Å²) >= 11 is 0. The van der Waals surface area contributed by atoms with Crippen molar-refractivity contribution in [2.45, 2.75) is 26.4 Å². The molecule has 72 valence electrons. The third-order valence-corrected chi connectivity index (χ3v) is 1.10. The van der Waals surface area contributed by atoms with Gasteiger partial charge in [-0.05, 0) is 0 Å². The summed E-state index contributed by atoms with van der Waals surface area (Å²) in [6.07, 6.45) is -5.33. The predicted octanol–water partition coefficient (Wildman–Crippen LogP) is 2.14. The van der Waals surface area contributed by atoms with Gasteiger partial charge in [-0.15, -0.1) is 0 Å². The number of halogens is 3. The molecule has 0 aromatic rings. The summed E-state index contributed by atoms with van der Waals surface area (Å²) in [5.41, 5.74) is 0. The van der Waals surface area contributed by atoms with Gasteiger partial charge >= 0.3 is 12.1 Å². The number of esters is 1. The highest BCUT2D eigenvalue weighted by molar-refractivity contribution is 5.71. The highest BCUT2D eigenvalue weighted by Crippen LogP contribution is 2.19. The third kappa shape index (κ3) is 6.00. The number of carbonyl (C=O) groups excluding carboxylic acids is 1. The standard InChI is InChI=1S/C7H11F3O2/c1-5(2)6(11)12-4-3-7(8,9)10/h5H,3-4H2,1-2H3. The van der Waals surface area contributed by atoms with Gasteiger partial charge in [0.05, 0.1) is 18.9 Å². The normalized spacial score (nSPS) is 11.8. The first-order valence-corrected chi connectivity index (χ1v) is 3.56. The molecular weight excluding hydrogens is 173 g/mol. The molecule has 0 aliphatic carbocycles. The summed E-state index contributed by atoms with van der Waals surface area (Å²) in [6.45, 7) is 2.55. The van der Waals surface area contributed by atoms with Crippen molar-refractivity contribution in [1.82, 2.24) is 0 Å². The largest absolute Gasteiger partial charge is 0.465 e. The van der Waals surface area contributed by atoms with Crippen molar-refractivity contribution in [3.8, 4) is 0 Å². The number of ether oxygens (including phenoxy) is 1. The quantitative estimate of drug-likeness (QED) is 0.628. The minimum atomic E-state index is -4.25. The summed E-state index contributed by atoms with van der Waals surface area (Å²) in [4.78, 5) is 10.6. The molecule has 0 N–H and O–H groups in total. The van der Waals surface area contributed by atoms with Crippen molar-refractivity contribution in [1.29, 1.82) is 0 Å². The molecule has 0 unspecified atom stereocenters. The van der Waals surface area contributed by atoms with Crippen LogP contribution in [0.2, 0.25) is 0 Å². The van der Waals surface area contributed by atoms with Gasteiger partial charge in [0.15, 0.2) is 0 Å². The van der Waals surface area contributed by atoms with E-state index in [0.717, 1.165) is 0 Å². The van der Waals surface area contributed by atoms with E-state index in [-0.39, 0.29) is 5.92 Å². The van der Waals surface area contributed by atoms with E-state index in [1.807, 2.05) is 0 Å². The molecule has 0 heterocycles. The van der Waals surface area contributed by atoms with Crippen molar-refractivity contribution >= 4 is 5.97 Å². The molecule has 0 radical (unpaired) electrons. The van der Waals surface area contributed by atoms with Crippen LogP contribution in [0.5, 0.6) is 0 Å². The Morgan fingerprint density at radius 3 is 2.25 bits per heavy atom.